The molecule has 0 spiro atoms. The summed E-state index contributed by atoms with van der Waals surface area (Å²) >= 11 is 0. The van der Waals surface area contributed by atoms with Crippen molar-refractivity contribution in [3.8, 4) is 0 Å². The largest absolute Gasteiger partial charge is 0.385 e. The number of carbonyl (C=O) groups excluding carboxylic acids is 1. The van der Waals surface area contributed by atoms with Gasteiger partial charge in [-0.2, -0.15) is 0 Å². The predicted octanol–water partition coefficient (Wildman–Crippen LogP) is 4.13. The van der Waals surface area contributed by atoms with Crippen LogP contribution in [0.25, 0.3) is 0 Å². The van der Waals surface area contributed by atoms with E-state index >= 15 is 0 Å². The van der Waals surface area contributed by atoms with Gasteiger partial charge >= 0.3 is 0 Å². The van der Waals surface area contributed by atoms with Gasteiger partial charge in [0.15, 0.2) is 0 Å². The molecule has 1 aromatic heterocycles. The second kappa shape index (κ2) is 9.34. The van der Waals surface area contributed by atoms with Gasteiger partial charge in [-0.05, 0) is 63.2 Å². The Balaban J connectivity index is 2.08. The number of nitrogens with one attached hydrogen (secondary N) is 2. The molecule has 140 valence electrons. The minimum absolute atomic E-state index is 0.182. The van der Waals surface area contributed by atoms with Crippen LogP contribution in [0.5, 0.6) is 0 Å². The third-order valence-electron chi connectivity index (χ3n) is 4.27. The van der Waals surface area contributed by atoms with E-state index in [4.69, 9.17) is 0 Å². The van der Waals surface area contributed by atoms with Crippen molar-refractivity contribution in [2.45, 2.75) is 33.1 Å². The number of amides is 1. The Morgan fingerprint density at radius 2 is 2.00 bits per heavy atom. The number of carbonyl (C=O) groups is 1. The summed E-state index contributed by atoms with van der Waals surface area (Å²) in [4.78, 5) is 19.1. The van der Waals surface area contributed by atoms with Crippen LogP contribution in [-0.4, -0.2) is 43.0 Å². The van der Waals surface area contributed by atoms with E-state index in [0.29, 0.717) is 11.6 Å². The maximum absolute atomic E-state index is 12.7. The monoisotopic (exact) mass is 354 g/mol. The number of hydrogen-bond donors (Lipinski definition) is 2. The molecule has 0 saturated heterocycles. The third kappa shape index (κ3) is 5.56. The molecule has 0 aliphatic carbocycles. The van der Waals surface area contributed by atoms with E-state index in [-0.39, 0.29) is 5.91 Å². The zero-order chi connectivity index (χ0) is 19.1. The van der Waals surface area contributed by atoms with Crippen LogP contribution in [0.3, 0.4) is 0 Å². The van der Waals surface area contributed by atoms with Gasteiger partial charge in [-0.15, -0.1) is 0 Å². The van der Waals surface area contributed by atoms with Crippen molar-refractivity contribution in [2.75, 3.05) is 37.8 Å². The zero-order valence-electron chi connectivity index (χ0n) is 16.5. The molecule has 26 heavy (non-hydrogen) atoms. The highest BCUT2D eigenvalue weighted by molar-refractivity contribution is 6.04. The van der Waals surface area contributed by atoms with Gasteiger partial charge in [0.2, 0.25) is 0 Å². The number of para-hydroxylation sites is 1. The van der Waals surface area contributed by atoms with E-state index in [1.807, 2.05) is 25.1 Å². The van der Waals surface area contributed by atoms with Gasteiger partial charge < -0.3 is 15.5 Å². The number of aromatic nitrogens is 1. The number of hydrogen-bond acceptors (Lipinski definition) is 4. The minimum Gasteiger partial charge on any atom is -0.385 e. The molecule has 0 aliphatic rings. The summed E-state index contributed by atoms with van der Waals surface area (Å²) in [7, 11) is 4.12. The predicted molar refractivity (Wildman–Crippen MR) is 109 cm³/mol. The molecule has 0 radical (unpaired) electrons. The molecule has 1 aromatic carbocycles. The number of rotatable bonds is 8. The molecule has 1 amide bonds. The molecule has 0 atom stereocenters. The fourth-order valence-electron chi connectivity index (χ4n) is 2.81. The van der Waals surface area contributed by atoms with Gasteiger partial charge in [0.1, 0.15) is 5.69 Å². The summed E-state index contributed by atoms with van der Waals surface area (Å²) in [5.74, 6) is 0.154. The first-order valence-corrected chi connectivity index (χ1v) is 9.14. The van der Waals surface area contributed by atoms with E-state index in [1.54, 1.807) is 12.3 Å². The van der Waals surface area contributed by atoms with Crippen LogP contribution < -0.4 is 10.6 Å². The molecule has 2 rings (SSSR count). The molecule has 5 nitrogen and oxygen atoms in total. The molecule has 0 saturated carbocycles. The van der Waals surface area contributed by atoms with E-state index in [2.05, 4.69) is 54.5 Å². The Hall–Kier alpha value is -2.40. The number of nitrogens with zero attached hydrogens (tertiary/aromatic N) is 2. The van der Waals surface area contributed by atoms with Gasteiger partial charge in [0, 0.05) is 24.1 Å². The number of aryl methyl sites for hydroxylation is 1. The summed E-state index contributed by atoms with van der Waals surface area (Å²) in [6, 6.07) is 9.79. The van der Waals surface area contributed by atoms with Crippen LogP contribution in [0.1, 0.15) is 47.8 Å². The standard InChI is InChI=1S/C21H30N4O/c1-15(2)18-9-6-8-16(3)20(18)24-21(26)19-14-17(10-12-23-19)22-11-7-13-25(4)5/h6,8-10,12,14-15H,7,11,13H2,1-5H3,(H,22,23)(H,24,26). The molecule has 5 heteroatoms. The lowest BCUT2D eigenvalue weighted by atomic mass is 9.98. The molecule has 0 aliphatic heterocycles. The first-order valence-electron chi connectivity index (χ1n) is 9.14. The lowest BCUT2D eigenvalue weighted by molar-refractivity contribution is 0.102. The first kappa shape index (κ1) is 19.9. The summed E-state index contributed by atoms with van der Waals surface area (Å²) in [6.07, 6.45) is 2.71. The highest BCUT2D eigenvalue weighted by Crippen LogP contribution is 2.27. The molecule has 0 fully saturated rings. The topological polar surface area (TPSA) is 57.3 Å². The van der Waals surface area contributed by atoms with Crippen LogP contribution in [0.15, 0.2) is 36.5 Å². The Bertz CT molecular complexity index is 741. The summed E-state index contributed by atoms with van der Waals surface area (Å²) in [5, 5.41) is 6.40. The Morgan fingerprint density at radius 3 is 2.69 bits per heavy atom. The molecule has 1 heterocycles. The smallest absolute Gasteiger partial charge is 0.274 e. The van der Waals surface area contributed by atoms with Crippen molar-refractivity contribution in [3.05, 3.63) is 53.3 Å². The minimum atomic E-state index is -0.182. The van der Waals surface area contributed by atoms with Crippen molar-refractivity contribution >= 4 is 17.3 Å². The van der Waals surface area contributed by atoms with E-state index in [9.17, 15) is 4.79 Å². The number of benzene rings is 1. The van der Waals surface area contributed by atoms with Gasteiger partial charge in [0.05, 0.1) is 0 Å². The number of pyridine rings is 1. The van der Waals surface area contributed by atoms with Gasteiger partial charge in [-0.1, -0.05) is 32.0 Å². The average Bonchev–Trinajstić information content (AvgIpc) is 2.60. The first-order chi connectivity index (χ1) is 12.4. The van der Waals surface area contributed by atoms with Crippen LogP contribution >= 0.6 is 0 Å². The normalized spacial score (nSPS) is 11.0. The lowest BCUT2D eigenvalue weighted by Crippen LogP contribution is -2.18. The van der Waals surface area contributed by atoms with Gasteiger partial charge in [0.25, 0.3) is 5.91 Å². The highest BCUT2D eigenvalue weighted by Gasteiger charge is 2.14. The Labute approximate surface area is 156 Å². The summed E-state index contributed by atoms with van der Waals surface area (Å²) in [5.41, 5.74) is 4.41. The summed E-state index contributed by atoms with van der Waals surface area (Å²) in [6.45, 7) is 8.15. The SMILES string of the molecule is Cc1cccc(C(C)C)c1NC(=O)c1cc(NCCCN(C)C)ccn1. The highest BCUT2D eigenvalue weighted by atomic mass is 16.1. The van der Waals surface area contributed by atoms with E-state index in [1.165, 1.54) is 0 Å². The van der Waals surface area contributed by atoms with Crippen LogP contribution in [-0.2, 0) is 0 Å². The fraction of sp³-hybridized carbons (Fsp3) is 0.429. The second-order valence-electron chi connectivity index (χ2n) is 7.16. The molecule has 2 aromatic rings. The van der Waals surface area contributed by atoms with Crippen molar-refractivity contribution in [2.24, 2.45) is 0 Å². The fourth-order valence-corrected chi connectivity index (χ4v) is 2.81. The molecule has 2 N–H and O–H groups in total. The van der Waals surface area contributed by atoms with Crippen molar-refractivity contribution in [1.82, 2.24) is 9.88 Å². The van der Waals surface area contributed by atoms with E-state index < -0.39 is 0 Å². The molecular weight excluding hydrogens is 324 g/mol. The maximum Gasteiger partial charge on any atom is 0.274 e. The molecular formula is C21H30N4O. The third-order valence-corrected chi connectivity index (χ3v) is 4.27. The van der Waals surface area contributed by atoms with Crippen molar-refractivity contribution < 1.29 is 4.79 Å². The quantitative estimate of drug-likeness (QED) is 0.700. The average molecular weight is 354 g/mol. The lowest BCUT2D eigenvalue weighted by Gasteiger charge is -2.16. The molecule has 0 bridgehead atoms. The van der Waals surface area contributed by atoms with Crippen LogP contribution in [0.4, 0.5) is 11.4 Å². The zero-order valence-corrected chi connectivity index (χ0v) is 16.5. The second-order valence-corrected chi connectivity index (χ2v) is 7.16. The van der Waals surface area contributed by atoms with Crippen molar-refractivity contribution in [1.29, 1.82) is 0 Å². The van der Waals surface area contributed by atoms with Crippen molar-refractivity contribution in [3.63, 3.8) is 0 Å². The van der Waals surface area contributed by atoms with Crippen LogP contribution in [0, 0.1) is 6.92 Å². The molecule has 0 unspecified atom stereocenters. The van der Waals surface area contributed by atoms with E-state index in [0.717, 1.165) is 42.0 Å². The van der Waals surface area contributed by atoms with Gasteiger partial charge in [-0.25, -0.2) is 0 Å². The van der Waals surface area contributed by atoms with Gasteiger partial charge in [-0.3, -0.25) is 9.78 Å². The van der Waals surface area contributed by atoms with Crippen LogP contribution in [0.2, 0.25) is 0 Å². The Morgan fingerprint density at radius 1 is 1.23 bits per heavy atom. The summed E-state index contributed by atoms with van der Waals surface area (Å²) < 4.78 is 0. The maximum atomic E-state index is 12.7. The Kier molecular flexibility index (Phi) is 7.16. The number of anilines is 2.